The van der Waals surface area contributed by atoms with Crippen LogP contribution in [0.5, 0.6) is 0 Å². The molecule has 0 aliphatic carbocycles. The number of thiophene rings is 1. The van der Waals surface area contributed by atoms with E-state index >= 15 is 0 Å². The van der Waals surface area contributed by atoms with Crippen LogP contribution in [-0.2, 0) is 6.42 Å². The number of aromatic nitrogens is 1. The van der Waals surface area contributed by atoms with Crippen molar-refractivity contribution in [3.05, 3.63) is 23.3 Å². The molecule has 3 nitrogen and oxygen atoms in total. The summed E-state index contributed by atoms with van der Waals surface area (Å²) < 4.78 is 5.35. The van der Waals surface area contributed by atoms with Crippen LogP contribution in [-0.4, -0.2) is 5.16 Å². The minimum Gasteiger partial charge on any atom is -0.380 e. The number of nitrogen functional groups attached to an aromatic ring is 1. The van der Waals surface area contributed by atoms with Crippen molar-refractivity contribution >= 4 is 17.2 Å². The van der Waals surface area contributed by atoms with Crippen LogP contribution in [0.1, 0.15) is 33.0 Å². The van der Waals surface area contributed by atoms with Gasteiger partial charge in [-0.2, -0.15) is 0 Å². The molecule has 2 N–H and O–H groups in total. The molecular weight excluding hydrogens is 232 g/mol. The summed E-state index contributed by atoms with van der Waals surface area (Å²) >= 11 is 1.66. The molecule has 0 atom stereocenters. The molecule has 4 heteroatoms. The first kappa shape index (κ1) is 12.2. The molecule has 0 saturated heterocycles. The highest BCUT2D eigenvalue weighted by atomic mass is 32.1. The third-order valence-electron chi connectivity index (χ3n) is 2.66. The van der Waals surface area contributed by atoms with Crippen molar-refractivity contribution in [2.24, 2.45) is 5.41 Å². The number of hydrogen-bond donors (Lipinski definition) is 1. The van der Waals surface area contributed by atoms with Gasteiger partial charge >= 0.3 is 0 Å². The van der Waals surface area contributed by atoms with E-state index in [1.54, 1.807) is 11.3 Å². The van der Waals surface area contributed by atoms with E-state index in [1.165, 1.54) is 0 Å². The highest BCUT2D eigenvalue weighted by molar-refractivity contribution is 7.13. The number of aryl methyl sites for hydroxylation is 1. The maximum atomic E-state index is 5.87. The number of hydrogen-bond acceptors (Lipinski definition) is 4. The Morgan fingerprint density at radius 3 is 2.76 bits per heavy atom. The quantitative estimate of drug-likeness (QED) is 0.897. The molecule has 0 aliphatic rings. The molecule has 2 rings (SSSR count). The fraction of sp³-hybridized carbons (Fsp3) is 0.462. The molecule has 0 spiro atoms. The molecule has 92 valence electrons. The molecule has 17 heavy (non-hydrogen) atoms. The van der Waals surface area contributed by atoms with Gasteiger partial charge in [0.05, 0.1) is 5.56 Å². The highest BCUT2D eigenvalue weighted by Gasteiger charge is 2.19. The van der Waals surface area contributed by atoms with Crippen molar-refractivity contribution in [3.63, 3.8) is 0 Å². The minimum atomic E-state index is 0.286. The Bertz CT molecular complexity index is 480. The second-order valence-corrected chi connectivity index (χ2v) is 6.35. The summed E-state index contributed by atoms with van der Waals surface area (Å²) in [4.78, 5) is 1.13. The van der Waals surface area contributed by atoms with E-state index in [0.717, 1.165) is 29.0 Å². The zero-order valence-electron chi connectivity index (χ0n) is 10.5. The second-order valence-electron chi connectivity index (χ2n) is 5.40. The van der Waals surface area contributed by atoms with Crippen LogP contribution in [0.25, 0.3) is 10.4 Å². The summed E-state index contributed by atoms with van der Waals surface area (Å²) in [6.45, 7) is 6.66. The molecule has 2 aromatic rings. The van der Waals surface area contributed by atoms with E-state index in [4.69, 9.17) is 10.3 Å². The second kappa shape index (κ2) is 4.53. The van der Waals surface area contributed by atoms with E-state index in [2.05, 4.69) is 25.9 Å². The van der Waals surface area contributed by atoms with Crippen LogP contribution >= 0.6 is 11.3 Å². The first-order valence-electron chi connectivity index (χ1n) is 5.75. The summed E-state index contributed by atoms with van der Waals surface area (Å²) in [7, 11) is 0. The van der Waals surface area contributed by atoms with Gasteiger partial charge in [0.25, 0.3) is 0 Å². The monoisotopic (exact) mass is 250 g/mol. The van der Waals surface area contributed by atoms with Crippen molar-refractivity contribution in [3.8, 4) is 10.4 Å². The van der Waals surface area contributed by atoms with Crippen molar-refractivity contribution in [2.45, 2.75) is 33.6 Å². The summed E-state index contributed by atoms with van der Waals surface area (Å²) in [6, 6.07) is 4.06. The molecule has 0 bridgehead atoms. The predicted molar refractivity (Wildman–Crippen MR) is 72.0 cm³/mol. The topological polar surface area (TPSA) is 52.0 Å². The van der Waals surface area contributed by atoms with Crippen LogP contribution in [0, 0.1) is 5.41 Å². The summed E-state index contributed by atoms with van der Waals surface area (Å²) in [6.07, 6.45) is 1.93. The predicted octanol–water partition coefficient (Wildman–Crippen LogP) is 3.96. The molecule has 0 unspecified atom stereocenters. The van der Waals surface area contributed by atoms with Crippen LogP contribution in [0.4, 0.5) is 5.82 Å². The van der Waals surface area contributed by atoms with Gasteiger partial charge in [-0.25, -0.2) is 0 Å². The Balaban J connectivity index is 2.24. The van der Waals surface area contributed by atoms with Gasteiger partial charge in [-0.05, 0) is 23.3 Å². The van der Waals surface area contributed by atoms with Crippen molar-refractivity contribution < 1.29 is 4.52 Å². The molecule has 0 fully saturated rings. The largest absolute Gasteiger partial charge is 0.380 e. The molecule has 2 heterocycles. The zero-order chi connectivity index (χ0) is 12.5. The van der Waals surface area contributed by atoms with Crippen molar-refractivity contribution in [2.75, 3.05) is 5.73 Å². The first-order chi connectivity index (χ1) is 7.97. The lowest BCUT2D eigenvalue weighted by molar-refractivity contribution is 0.333. The number of nitrogens with zero attached hydrogens (tertiary/aromatic N) is 1. The van der Waals surface area contributed by atoms with Gasteiger partial charge < -0.3 is 10.3 Å². The lowest BCUT2D eigenvalue weighted by atomic mass is 9.89. The van der Waals surface area contributed by atoms with Crippen LogP contribution in [0.2, 0.25) is 0 Å². The molecule has 0 aromatic carbocycles. The van der Waals surface area contributed by atoms with Gasteiger partial charge in [0.1, 0.15) is 5.76 Å². The van der Waals surface area contributed by atoms with Gasteiger partial charge in [-0.15, -0.1) is 11.3 Å². The molecule has 0 radical (unpaired) electrons. The Kier molecular flexibility index (Phi) is 3.24. The van der Waals surface area contributed by atoms with Gasteiger partial charge in [0.2, 0.25) is 0 Å². The number of rotatable bonds is 3. The van der Waals surface area contributed by atoms with Gasteiger partial charge in [-0.3, -0.25) is 0 Å². The Hall–Kier alpha value is -1.29. The van der Waals surface area contributed by atoms with E-state index < -0.39 is 0 Å². The van der Waals surface area contributed by atoms with E-state index in [9.17, 15) is 0 Å². The van der Waals surface area contributed by atoms with E-state index in [0.29, 0.717) is 5.82 Å². The normalized spacial score (nSPS) is 11.9. The van der Waals surface area contributed by atoms with Crippen LogP contribution in [0.3, 0.4) is 0 Å². The number of anilines is 1. The Morgan fingerprint density at radius 2 is 2.18 bits per heavy atom. The SMILES string of the molecule is CC(C)(C)CCc1onc(N)c1-c1cccs1. The third-order valence-corrected chi connectivity index (χ3v) is 3.55. The smallest absolute Gasteiger partial charge is 0.175 e. The van der Waals surface area contributed by atoms with Crippen molar-refractivity contribution in [1.29, 1.82) is 0 Å². The molecular formula is C13H18N2OS. The van der Waals surface area contributed by atoms with E-state index in [-0.39, 0.29) is 5.41 Å². The highest BCUT2D eigenvalue weighted by Crippen LogP contribution is 2.34. The van der Waals surface area contributed by atoms with Crippen molar-refractivity contribution in [1.82, 2.24) is 5.16 Å². The minimum absolute atomic E-state index is 0.286. The fourth-order valence-electron chi connectivity index (χ4n) is 1.68. The Labute approximate surface area is 106 Å². The summed E-state index contributed by atoms with van der Waals surface area (Å²) in [5.74, 6) is 1.40. The zero-order valence-corrected chi connectivity index (χ0v) is 11.3. The van der Waals surface area contributed by atoms with Crippen LogP contribution < -0.4 is 5.73 Å². The molecule has 0 amide bonds. The average Bonchev–Trinajstić information content (AvgIpc) is 2.82. The lowest BCUT2D eigenvalue weighted by Crippen LogP contribution is -2.06. The van der Waals surface area contributed by atoms with Crippen LogP contribution in [0.15, 0.2) is 22.0 Å². The van der Waals surface area contributed by atoms with Gasteiger partial charge in [0.15, 0.2) is 5.82 Å². The van der Waals surface area contributed by atoms with E-state index in [1.807, 2.05) is 17.5 Å². The lowest BCUT2D eigenvalue weighted by Gasteiger charge is -2.16. The number of nitrogens with two attached hydrogens (primary N) is 1. The Morgan fingerprint density at radius 1 is 1.41 bits per heavy atom. The molecule has 0 aliphatic heterocycles. The van der Waals surface area contributed by atoms with Gasteiger partial charge in [0, 0.05) is 11.3 Å². The third kappa shape index (κ3) is 2.88. The maximum Gasteiger partial charge on any atom is 0.175 e. The van der Waals surface area contributed by atoms with Gasteiger partial charge in [-0.1, -0.05) is 32.0 Å². The molecule has 2 aromatic heterocycles. The first-order valence-corrected chi connectivity index (χ1v) is 6.63. The maximum absolute atomic E-state index is 5.87. The summed E-state index contributed by atoms with van der Waals surface area (Å²) in [5, 5.41) is 5.92. The molecule has 0 saturated carbocycles. The fourth-order valence-corrected chi connectivity index (χ4v) is 2.48. The average molecular weight is 250 g/mol. The summed E-state index contributed by atoms with van der Waals surface area (Å²) in [5.41, 5.74) is 7.14. The standard InChI is InChI=1S/C13H18N2OS/c1-13(2,3)7-6-9-11(12(14)15-16-9)10-5-4-8-17-10/h4-5,8H,6-7H2,1-3H3,(H2,14,15).